The van der Waals surface area contributed by atoms with Crippen molar-refractivity contribution in [2.24, 2.45) is 5.73 Å². The van der Waals surface area contributed by atoms with Crippen molar-refractivity contribution in [1.29, 1.82) is 0 Å². The zero-order valence-electron chi connectivity index (χ0n) is 9.24. The Kier molecular flexibility index (Phi) is 3.19. The second kappa shape index (κ2) is 4.61. The molecule has 3 nitrogen and oxygen atoms in total. The summed E-state index contributed by atoms with van der Waals surface area (Å²) in [5, 5.41) is 0. The third kappa shape index (κ3) is 2.58. The molecule has 0 radical (unpaired) electrons. The molecule has 4 heteroatoms. The van der Waals surface area contributed by atoms with Gasteiger partial charge < -0.3 is 10.2 Å². The predicted molar refractivity (Wildman–Crippen MR) is 60.6 cm³/mol. The van der Waals surface area contributed by atoms with Crippen LogP contribution in [-0.2, 0) is 6.42 Å². The van der Waals surface area contributed by atoms with E-state index in [1.54, 1.807) is 6.07 Å². The average Bonchev–Trinajstić information content (AvgIpc) is 2.58. The van der Waals surface area contributed by atoms with E-state index >= 15 is 0 Å². The maximum Gasteiger partial charge on any atom is 0.195 e. The van der Waals surface area contributed by atoms with Gasteiger partial charge in [-0.05, 0) is 31.9 Å². The zero-order chi connectivity index (χ0) is 11.5. The minimum absolute atomic E-state index is 0.196. The Morgan fingerprint density at radius 3 is 3.06 bits per heavy atom. The molecule has 0 aliphatic carbocycles. The van der Waals surface area contributed by atoms with Gasteiger partial charge in [0.2, 0.25) is 0 Å². The van der Waals surface area contributed by atoms with Crippen LogP contribution >= 0.6 is 0 Å². The number of aromatic nitrogens is 1. The molecule has 2 N–H and O–H groups in total. The van der Waals surface area contributed by atoms with Crippen LogP contribution in [0.2, 0.25) is 0 Å². The highest BCUT2D eigenvalue weighted by Crippen LogP contribution is 2.17. The number of halogens is 1. The third-order valence-electron chi connectivity index (χ3n) is 2.44. The number of fused-ring (bicyclic) bond motifs is 1. The lowest BCUT2D eigenvalue weighted by Gasteiger charge is -2.01. The van der Waals surface area contributed by atoms with Gasteiger partial charge in [0, 0.05) is 18.5 Å². The normalized spacial score (nSPS) is 13.2. The number of benzene rings is 1. The van der Waals surface area contributed by atoms with Crippen LogP contribution in [0.5, 0.6) is 0 Å². The highest BCUT2D eigenvalue weighted by Gasteiger charge is 2.06. The van der Waals surface area contributed by atoms with E-state index < -0.39 is 0 Å². The Morgan fingerprint density at radius 1 is 1.50 bits per heavy atom. The zero-order valence-corrected chi connectivity index (χ0v) is 9.24. The number of oxazole rings is 1. The molecule has 2 aromatic rings. The second-order valence-corrected chi connectivity index (χ2v) is 4.09. The van der Waals surface area contributed by atoms with E-state index in [4.69, 9.17) is 10.2 Å². The maximum absolute atomic E-state index is 12.9. The molecule has 0 spiro atoms. The van der Waals surface area contributed by atoms with Crippen LogP contribution in [0.4, 0.5) is 4.39 Å². The molecule has 0 saturated carbocycles. The highest BCUT2D eigenvalue weighted by atomic mass is 19.1. The molecule has 1 unspecified atom stereocenters. The van der Waals surface area contributed by atoms with E-state index in [0.717, 1.165) is 19.3 Å². The van der Waals surface area contributed by atoms with Crippen LogP contribution in [0.15, 0.2) is 22.6 Å². The van der Waals surface area contributed by atoms with Gasteiger partial charge >= 0.3 is 0 Å². The molecule has 1 aromatic carbocycles. The summed E-state index contributed by atoms with van der Waals surface area (Å²) in [5.74, 6) is 0.365. The van der Waals surface area contributed by atoms with Crippen molar-refractivity contribution in [2.45, 2.75) is 32.2 Å². The summed E-state index contributed by atoms with van der Waals surface area (Å²) in [6.45, 7) is 1.97. The minimum atomic E-state index is -0.289. The number of nitrogens with zero attached hydrogens (tertiary/aromatic N) is 1. The number of hydrogen-bond acceptors (Lipinski definition) is 3. The molecule has 0 amide bonds. The number of hydrogen-bond donors (Lipinski definition) is 1. The van der Waals surface area contributed by atoms with Gasteiger partial charge in [-0.2, -0.15) is 0 Å². The smallest absolute Gasteiger partial charge is 0.195 e. The van der Waals surface area contributed by atoms with Gasteiger partial charge in [-0.15, -0.1) is 0 Å². The molecule has 0 aliphatic rings. The van der Waals surface area contributed by atoms with Gasteiger partial charge in [0.25, 0.3) is 0 Å². The van der Waals surface area contributed by atoms with Gasteiger partial charge in [0.05, 0.1) is 0 Å². The van der Waals surface area contributed by atoms with Crippen molar-refractivity contribution in [3.05, 3.63) is 29.9 Å². The van der Waals surface area contributed by atoms with E-state index in [1.807, 2.05) is 6.92 Å². The van der Waals surface area contributed by atoms with Crippen molar-refractivity contribution in [3.8, 4) is 0 Å². The summed E-state index contributed by atoms with van der Waals surface area (Å²) in [4.78, 5) is 4.22. The SMILES string of the molecule is CC(N)CCCc1nc2cc(F)ccc2o1. The molecule has 1 aromatic heterocycles. The van der Waals surface area contributed by atoms with E-state index in [2.05, 4.69) is 4.98 Å². The number of rotatable bonds is 4. The Bertz CT molecular complexity index is 479. The molecular weight excluding hydrogens is 207 g/mol. The van der Waals surface area contributed by atoms with Gasteiger partial charge in [0.1, 0.15) is 11.3 Å². The van der Waals surface area contributed by atoms with Crippen LogP contribution in [0.25, 0.3) is 11.1 Å². The monoisotopic (exact) mass is 222 g/mol. The highest BCUT2D eigenvalue weighted by molar-refractivity contribution is 5.72. The van der Waals surface area contributed by atoms with E-state index in [-0.39, 0.29) is 11.9 Å². The first-order valence-corrected chi connectivity index (χ1v) is 5.45. The summed E-state index contributed by atoms with van der Waals surface area (Å²) in [6.07, 6.45) is 2.62. The van der Waals surface area contributed by atoms with Gasteiger partial charge in [-0.3, -0.25) is 0 Å². The second-order valence-electron chi connectivity index (χ2n) is 4.09. The Hall–Kier alpha value is -1.42. The van der Waals surface area contributed by atoms with Crippen molar-refractivity contribution in [2.75, 3.05) is 0 Å². The summed E-state index contributed by atoms with van der Waals surface area (Å²) in [7, 11) is 0. The summed E-state index contributed by atoms with van der Waals surface area (Å²) >= 11 is 0. The maximum atomic E-state index is 12.9. The van der Waals surface area contributed by atoms with Crippen LogP contribution in [-0.4, -0.2) is 11.0 Å². The molecule has 0 aliphatic heterocycles. The number of aryl methyl sites for hydroxylation is 1. The molecule has 0 bridgehead atoms. The first-order valence-electron chi connectivity index (χ1n) is 5.45. The van der Waals surface area contributed by atoms with Crippen LogP contribution < -0.4 is 5.73 Å². The molecule has 0 fully saturated rings. The Balaban J connectivity index is 2.08. The summed E-state index contributed by atoms with van der Waals surface area (Å²) < 4.78 is 18.4. The third-order valence-corrected chi connectivity index (χ3v) is 2.44. The summed E-state index contributed by atoms with van der Waals surface area (Å²) in [6, 6.07) is 4.56. The van der Waals surface area contributed by atoms with Gasteiger partial charge in [0.15, 0.2) is 11.5 Å². The standard InChI is InChI=1S/C12H15FN2O/c1-8(14)3-2-4-12-15-10-7-9(13)5-6-11(10)16-12/h5-8H,2-4,14H2,1H3. The molecule has 86 valence electrons. The Morgan fingerprint density at radius 2 is 2.31 bits per heavy atom. The summed E-state index contributed by atoms with van der Waals surface area (Å²) in [5.41, 5.74) is 6.87. The minimum Gasteiger partial charge on any atom is -0.441 e. The predicted octanol–water partition coefficient (Wildman–Crippen LogP) is 2.64. The van der Waals surface area contributed by atoms with Crippen molar-refractivity contribution in [1.82, 2.24) is 4.98 Å². The molecule has 16 heavy (non-hydrogen) atoms. The molecule has 2 rings (SSSR count). The number of nitrogens with two attached hydrogens (primary N) is 1. The van der Waals surface area contributed by atoms with Crippen LogP contribution in [0.3, 0.4) is 0 Å². The molecule has 1 atom stereocenters. The van der Waals surface area contributed by atoms with E-state index in [9.17, 15) is 4.39 Å². The van der Waals surface area contributed by atoms with Crippen molar-refractivity contribution < 1.29 is 8.81 Å². The molecule has 1 heterocycles. The fraction of sp³-hybridized carbons (Fsp3) is 0.417. The van der Waals surface area contributed by atoms with Crippen LogP contribution in [0, 0.1) is 5.82 Å². The van der Waals surface area contributed by atoms with Gasteiger partial charge in [-0.25, -0.2) is 9.37 Å². The fourth-order valence-electron chi connectivity index (χ4n) is 1.63. The van der Waals surface area contributed by atoms with Gasteiger partial charge in [-0.1, -0.05) is 0 Å². The molecule has 0 saturated heterocycles. The lowest BCUT2D eigenvalue weighted by molar-refractivity contribution is 0.503. The fourth-order valence-corrected chi connectivity index (χ4v) is 1.63. The van der Waals surface area contributed by atoms with E-state index in [0.29, 0.717) is 17.0 Å². The average molecular weight is 222 g/mol. The quantitative estimate of drug-likeness (QED) is 0.865. The first-order chi connectivity index (χ1) is 7.65. The van der Waals surface area contributed by atoms with Crippen LogP contribution in [0.1, 0.15) is 25.7 Å². The lowest BCUT2D eigenvalue weighted by atomic mass is 10.1. The van der Waals surface area contributed by atoms with Crippen molar-refractivity contribution in [3.63, 3.8) is 0 Å². The molecular formula is C12H15FN2O. The Labute approximate surface area is 93.5 Å². The topological polar surface area (TPSA) is 52.0 Å². The largest absolute Gasteiger partial charge is 0.441 e. The van der Waals surface area contributed by atoms with Crippen molar-refractivity contribution >= 4 is 11.1 Å². The van der Waals surface area contributed by atoms with E-state index in [1.165, 1.54) is 12.1 Å². The lowest BCUT2D eigenvalue weighted by Crippen LogP contribution is -2.14. The first kappa shape index (κ1) is 11.1.